The molecule has 0 bridgehead atoms. The molecule has 0 spiro atoms. The molecule has 8 nitrogen and oxygen atoms in total. The molecule has 6 N–H and O–H groups in total. The largest absolute Gasteiger partial charge is 0.463 e. The van der Waals surface area contributed by atoms with E-state index >= 15 is 0 Å². The zero-order chi connectivity index (χ0) is 31.0. The lowest BCUT2D eigenvalue weighted by Crippen LogP contribution is -2.24. The monoisotopic (exact) mass is 586 g/mol. The molecule has 0 saturated carbocycles. The highest BCUT2D eigenvalue weighted by Gasteiger charge is 2.17. The Morgan fingerprint density at radius 1 is 0.548 bits per heavy atom. The van der Waals surface area contributed by atoms with E-state index in [1.54, 1.807) is 19.1 Å². The summed E-state index contributed by atoms with van der Waals surface area (Å²) in [5, 5.41) is 61.0. The molecule has 0 amide bonds. The molecule has 0 fully saturated rings. The van der Waals surface area contributed by atoms with Crippen LogP contribution in [0.1, 0.15) is 64.7 Å². The Balaban J connectivity index is 2.71. The number of esters is 1. The highest BCUT2D eigenvalue weighted by atomic mass is 16.5. The van der Waals surface area contributed by atoms with Gasteiger partial charge >= 0.3 is 5.97 Å². The maximum Gasteiger partial charge on any atom is 0.306 e. The Kier molecular flexibility index (Phi) is 21.0. The minimum Gasteiger partial charge on any atom is -0.463 e. The Morgan fingerprint density at radius 2 is 1.02 bits per heavy atom. The summed E-state index contributed by atoms with van der Waals surface area (Å²) in [7, 11) is 0. The van der Waals surface area contributed by atoms with E-state index in [4.69, 9.17) is 4.74 Å². The average molecular weight is 587 g/mol. The minimum absolute atomic E-state index is 0.0687. The van der Waals surface area contributed by atoms with Crippen LogP contribution in [0.25, 0.3) is 0 Å². The summed E-state index contributed by atoms with van der Waals surface area (Å²) in [6, 6.07) is 0. The lowest BCUT2D eigenvalue weighted by atomic mass is 10.0. The molecule has 1 aliphatic rings. The van der Waals surface area contributed by atoms with Crippen molar-refractivity contribution in [3.8, 4) is 0 Å². The van der Waals surface area contributed by atoms with E-state index in [1.165, 1.54) is 12.2 Å². The van der Waals surface area contributed by atoms with E-state index in [-0.39, 0.29) is 50.9 Å². The smallest absolute Gasteiger partial charge is 0.306 e. The number of hydrogen-bond acceptors (Lipinski definition) is 8. The lowest BCUT2D eigenvalue weighted by Gasteiger charge is -2.19. The van der Waals surface area contributed by atoms with Gasteiger partial charge in [-0.3, -0.25) is 4.79 Å². The summed E-state index contributed by atoms with van der Waals surface area (Å²) in [4.78, 5) is 12.1. The van der Waals surface area contributed by atoms with Gasteiger partial charge in [0.2, 0.25) is 0 Å². The number of carbonyl (C=O) groups excluding carboxylic acids is 1. The van der Waals surface area contributed by atoms with E-state index in [1.807, 2.05) is 72.9 Å². The molecule has 0 unspecified atom stereocenters. The predicted molar refractivity (Wildman–Crippen MR) is 166 cm³/mol. The fourth-order valence-electron chi connectivity index (χ4n) is 4.13. The molecule has 0 aromatic heterocycles. The first-order valence-corrected chi connectivity index (χ1v) is 14.7. The van der Waals surface area contributed by atoms with Crippen LogP contribution in [0.3, 0.4) is 0 Å². The Morgan fingerprint density at radius 3 is 1.64 bits per heavy atom. The van der Waals surface area contributed by atoms with Gasteiger partial charge in [-0.05, 0) is 45.4 Å². The second-order valence-corrected chi connectivity index (χ2v) is 10.5. The second kappa shape index (κ2) is 23.7. The van der Waals surface area contributed by atoms with Crippen molar-refractivity contribution >= 4 is 5.97 Å². The standard InChI is InChI=1S/C34H50O8/c1-27-23-32(39)24-30(37)20-15-18-28(35)19-16-21-31(38)26-33(40)25-29(36)17-13-11-9-7-5-3-2-4-6-8-10-12-14-22-34(41)42-27/h2-13,15-16,18,21,27-33,35-40H,14,17,19-20,22-26H2,1H3/t27-,28+,29-,30-,31+,32+,33-/m0/s1. The maximum atomic E-state index is 12.1. The fourth-order valence-corrected chi connectivity index (χ4v) is 4.13. The first kappa shape index (κ1) is 37.2. The molecule has 8 heteroatoms. The first-order chi connectivity index (χ1) is 20.2. The number of rotatable bonds is 0. The molecular weight excluding hydrogens is 536 g/mol. The van der Waals surface area contributed by atoms with Crippen LogP contribution in [0.15, 0.2) is 97.2 Å². The topological polar surface area (TPSA) is 148 Å². The highest BCUT2D eigenvalue weighted by Crippen LogP contribution is 2.13. The van der Waals surface area contributed by atoms with Crippen molar-refractivity contribution < 1.29 is 40.2 Å². The third-order valence-electron chi connectivity index (χ3n) is 6.24. The van der Waals surface area contributed by atoms with Gasteiger partial charge in [0.15, 0.2) is 0 Å². The Bertz CT molecular complexity index is 959. The molecule has 0 aromatic carbocycles. The number of allylic oxidation sites excluding steroid dienone is 11. The van der Waals surface area contributed by atoms with Gasteiger partial charge in [0.1, 0.15) is 6.10 Å². The Hall–Kier alpha value is -2.85. The number of aliphatic hydroxyl groups excluding tert-OH is 6. The molecule has 1 aliphatic heterocycles. The Labute approximate surface area is 250 Å². The number of cyclic esters (lactones) is 1. The van der Waals surface area contributed by atoms with Crippen molar-refractivity contribution in [2.24, 2.45) is 0 Å². The number of carbonyl (C=O) groups is 1. The normalized spacial score (nSPS) is 31.0. The van der Waals surface area contributed by atoms with Crippen LogP contribution in [0.2, 0.25) is 0 Å². The van der Waals surface area contributed by atoms with Gasteiger partial charge in [0.05, 0.1) is 36.6 Å². The van der Waals surface area contributed by atoms with E-state index in [9.17, 15) is 35.4 Å². The summed E-state index contributed by atoms with van der Waals surface area (Å²) in [6.07, 6.45) is 25.2. The second-order valence-electron chi connectivity index (χ2n) is 10.5. The van der Waals surface area contributed by atoms with Crippen LogP contribution in [-0.2, 0) is 9.53 Å². The number of ether oxygens (including phenoxy) is 1. The van der Waals surface area contributed by atoms with Crippen molar-refractivity contribution in [2.75, 3.05) is 0 Å². The van der Waals surface area contributed by atoms with Gasteiger partial charge in [-0.15, -0.1) is 0 Å². The summed E-state index contributed by atoms with van der Waals surface area (Å²) < 4.78 is 5.35. The van der Waals surface area contributed by atoms with Gasteiger partial charge in [0, 0.05) is 19.3 Å². The highest BCUT2D eigenvalue weighted by molar-refractivity contribution is 5.69. The lowest BCUT2D eigenvalue weighted by molar-refractivity contribution is -0.149. The van der Waals surface area contributed by atoms with Crippen LogP contribution >= 0.6 is 0 Å². The van der Waals surface area contributed by atoms with E-state index in [2.05, 4.69) is 0 Å². The van der Waals surface area contributed by atoms with Crippen molar-refractivity contribution in [1.82, 2.24) is 0 Å². The molecule has 0 saturated heterocycles. The molecule has 0 aliphatic carbocycles. The number of hydrogen-bond donors (Lipinski definition) is 6. The van der Waals surface area contributed by atoms with Gasteiger partial charge in [-0.1, -0.05) is 97.2 Å². The van der Waals surface area contributed by atoms with Crippen molar-refractivity contribution in [2.45, 2.75) is 107 Å². The molecule has 0 aromatic rings. The van der Waals surface area contributed by atoms with Gasteiger partial charge in [0.25, 0.3) is 0 Å². The SMILES string of the molecule is C[C@H]1C[C@@H](O)C[C@@H](O)CC=C[C@@H](O)CC=C[C@@H](O)C[C@@H](O)C[C@@H](O)CC=CC=CC=CC=CC=CC=CCCC(=O)O1. The average Bonchev–Trinajstić information content (AvgIpc) is 2.89. The molecule has 7 atom stereocenters. The maximum absolute atomic E-state index is 12.1. The van der Waals surface area contributed by atoms with Crippen molar-refractivity contribution in [3.63, 3.8) is 0 Å². The van der Waals surface area contributed by atoms with Crippen LogP contribution in [0.5, 0.6) is 0 Å². The predicted octanol–water partition coefficient (Wildman–Crippen LogP) is 4.06. The molecule has 234 valence electrons. The summed E-state index contributed by atoms with van der Waals surface area (Å²) in [5.74, 6) is -0.347. The van der Waals surface area contributed by atoms with Gasteiger partial charge in [-0.25, -0.2) is 0 Å². The fraction of sp³-hybridized carbons (Fsp3) is 0.500. The quantitative estimate of drug-likeness (QED) is 0.184. The van der Waals surface area contributed by atoms with E-state index < -0.39 is 42.7 Å². The molecule has 1 heterocycles. The minimum atomic E-state index is -0.914. The molecular formula is C34H50O8. The molecule has 1 rings (SSSR count). The van der Waals surface area contributed by atoms with Crippen LogP contribution in [0.4, 0.5) is 0 Å². The van der Waals surface area contributed by atoms with E-state index in [0.29, 0.717) is 12.8 Å². The third kappa shape index (κ3) is 21.8. The summed E-state index contributed by atoms with van der Waals surface area (Å²) in [6.45, 7) is 1.71. The summed E-state index contributed by atoms with van der Waals surface area (Å²) in [5.41, 5.74) is 0. The first-order valence-electron chi connectivity index (χ1n) is 14.7. The van der Waals surface area contributed by atoms with Gasteiger partial charge < -0.3 is 35.4 Å². The molecule has 42 heavy (non-hydrogen) atoms. The van der Waals surface area contributed by atoms with E-state index in [0.717, 1.165) is 0 Å². The van der Waals surface area contributed by atoms with Crippen LogP contribution in [0, 0.1) is 0 Å². The van der Waals surface area contributed by atoms with Crippen LogP contribution < -0.4 is 0 Å². The van der Waals surface area contributed by atoms with Crippen molar-refractivity contribution in [3.05, 3.63) is 97.2 Å². The van der Waals surface area contributed by atoms with Gasteiger partial charge in [-0.2, -0.15) is 0 Å². The number of aliphatic hydroxyl groups is 6. The van der Waals surface area contributed by atoms with Crippen molar-refractivity contribution in [1.29, 1.82) is 0 Å². The molecule has 0 radical (unpaired) electrons. The van der Waals surface area contributed by atoms with Crippen LogP contribution in [-0.4, -0.2) is 79.3 Å². The third-order valence-corrected chi connectivity index (χ3v) is 6.24. The zero-order valence-corrected chi connectivity index (χ0v) is 24.6. The summed E-state index contributed by atoms with van der Waals surface area (Å²) >= 11 is 0. The zero-order valence-electron chi connectivity index (χ0n) is 24.6.